The predicted octanol–water partition coefficient (Wildman–Crippen LogP) is 8.18. The lowest BCUT2D eigenvalue weighted by molar-refractivity contribution is -0.140. The largest absolute Gasteiger partial charge is 0.469 e. The summed E-state index contributed by atoms with van der Waals surface area (Å²) in [5.41, 5.74) is 0.340. The molecule has 0 amide bonds. The second-order valence-electron chi connectivity index (χ2n) is 12.4. The van der Waals surface area contributed by atoms with Gasteiger partial charge in [0.05, 0.1) is 13.2 Å². The quantitative estimate of drug-likeness (QED) is 0.104. The van der Waals surface area contributed by atoms with Gasteiger partial charge in [-0.05, 0) is 80.8 Å². The lowest BCUT2D eigenvalue weighted by atomic mass is 9.62. The van der Waals surface area contributed by atoms with Gasteiger partial charge in [-0.1, -0.05) is 64.8 Å². The summed E-state index contributed by atoms with van der Waals surface area (Å²) in [6, 6.07) is 0. The lowest BCUT2D eigenvalue weighted by Gasteiger charge is -2.51. The van der Waals surface area contributed by atoms with E-state index in [0.717, 1.165) is 32.1 Å². The van der Waals surface area contributed by atoms with Gasteiger partial charge in [0.25, 0.3) is 0 Å². The Kier molecular flexibility index (Phi) is 11.5. The van der Waals surface area contributed by atoms with Crippen molar-refractivity contribution in [2.75, 3.05) is 7.11 Å². The van der Waals surface area contributed by atoms with Crippen LogP contribution in [0.1, 0.15) is 105 Å². The van der Waals surface area contributed by atoms with Crippen LogP contribution in [0.2, 0.25) is 18.1 Å². The minimum atomic E-state index is -1.86. The Morgan fingerprint density at radius 2 is 1.91 bits per heavy atom. The van der Waals surface area contributed by atoms with Gasteiger partial charge < -0.3 is 9.16 Å². The fourth-order valence-electron chi connectivity index (χ4n) is 5.49. The van der Waals surface area contributed by atoms with Gasteiger partial charge >= 0.3 is 5.97 Å². The van der Waals surface area contributed by atoms with E-state index in [-0.39, 0.29) is 16.9 Å². The number of hydrogen-bond acceptors (Lipinski definition) is 4. The molecule has 0 bridgehead atoms. The summed E-state index contributed by atoms with van der Waals surface area (Å²) in [6.07, 6.45) is 21.1. The zero-order chi connectivity index (χ0) is 26.1. The van der Waals surface area contributed by atoms with Crippen LogP contribution < -0.4 is 0 Å². The third-order valence-corrected chi connectivity index (χ3v) is 13.4. The number of esters is 1. The summed E-state index contributed by atoms with van der Waals surface area (Å²) in [5.74, 6) is 0.665. The van der Waals surface area contributed by atoms with Gasteiger partial charge in [0.1, 0.15) is 5.78 Å². The summed E-state index contributed by atoms with van der Waals surface area (Å²) in [6.45, 7) is 14.1. The van der Waals surface area contributed by atoms with Crippen LogP contribution in [0.15, 0.2) is 24.3 Å². The Morgan fingerprint density at radius 3 is 2.49 bits per heavy atom. The molecule has 0 N–H and O–H groups in total. The molecule has 35 heavy (non-hydrogen) atoms. The van der Waals surface area contributed by atoms with E-state index in [2.05, 4.69) is 69.8 Å². The van der Waals surface area contributed by atoms with Gasteiger partial charge in [0, 0.05) is 18.8 Å². The summed E-state index contributed by atoms with van der Waals surface area (Å²) < 4.78 is 11.8. The maximum atomic E-state index is 12.6. The molecule has 2 rings (SSSR count). The molecule has 0 spiro atoms. The Labute approximate surface area is 216 Å². The lowest BCUT2D eigenvalue weighted by Crippen LogP contribution is -2.51. The second kappa shape index (κ2) is 13.4. The number of hydrogen-bond donors (Lipinski definition) is 0. The number of Topliss-reactive ketones (excluding diaryl/α,β-unsaturated/α-hetero) is 1. The zero-order valence-corrected chi connectivity index (χ0v) is 24.7. The highest BCUT2D eigenvalue weighted by atomic mass is 28.4. The fourth-order valence-corrected chi connectivity index (χ4v) is 6.90. The van der Waals surface area contributed by atoms with E-state index >= 15 is 0 Å². The third-order valence-electron chi connectivity index (χ3n) is 8.95. The molecule has 0 radical (unpaired) electrons. The summed E-state index contributed by atoms with van der Waals surface area (Å²) >= 11 is 0. The van der Waals surface area contributed by atoms with Crippen LogP contribution in [-0.2, 0) is 18.8 Å². The highest BCUT2D eigenvalue weighted by molar-refractivity contribution is 6.74. The fraction of sp³-hybridized carbons (Fsp3) is 0.800. The van der Waals surface area contributed by atoms with Crippen LogP contribution in [0.5, 0.6) is 0 Å². The van der Waals surface area contributed by atoms with Crippen LogP contribution in [-0.4, -0.2) is 33.3 Å². The molecule has 0 saturated heterocycles. The molecule has 0 aromatic carbocycles. The van der Waals surface area contributed by atoms with Crippen LogP contribution in [0.4, 0.5) is 0 Å². The van der Waals surface area contributed by atoms with E-state index in [1.54, 1.807) is 0 Å². The minimum Gasteiger partial charge on any atom is -0.469 e. The molecular formula is C30H52O4Si. The Balaban J connectivity index is 2.00. The molecule has 0 heterocycles. The molecule has 3 atom stereocenters. The molecule has 2 aliphatic carbocycles. The summed E-state index contributed by atoms with van der Waals surface area (Å²) in [4.78, 5) is 23.8. The monoisotopic (exact) mass is 504 g/mol. The van der Waals surface area contributed by atoms with Gasteiger partial charge in [-0.2, -0.15) is 0 Å². The van der Waals surface area contributed by atoms with E-state index in [0.29, 0.717) is 36.1 Å². The van der Waals surface area contributed by atoms with Gasteiger partial charge in [0.15, 0.2) is 8.32 Å². The molecule has 1 unspecified atom stereocenters. The molecular weight excluding hydrogens is 452 g/mol. The van der Waals surface area contributed by atoms with Crippen molar-refractivity contribution < 1.29 is 18.8 Å². The normalized spacial score (nSPS) is 23.7. The molecule has 200 valence electrons. The molecule has 2 saturated carbocycles. The standard InChI is InChI=1S/C30H52O4Si/c1-8-21-30(22-14-23-30)27(34-35(6,7)29(2,3)4)17-13-15-24-19-20-26(31)25(24)16-11-9-10-12-18-28(32)33-5/h9,11,13,15,24-25,27H,8,10,12,14,16-23H2,1-7H3/b11-9-,15-13+/t24-,25+,27?/m0/s1. The highest BCUT2D eigenvalue weighted by Gasteiger charge is 2.48. The van der Waals surface area contributed by atoms with Crippen molar-refractivity contribution in [2.24, 2.45) is 17.3 Å². The number of rotatable bonds is 14. The van der Waals surface area contributed by atoms with Gasteiger partial charge in [-0.15, -0.1) is 0 Å². The molecule has 2 fully saturated rings. The van der Waals surface area contributed by atoms with Crippen LogP contribution in [0, 0.1) is 17.3 Å². The van der Waals surface area contributed by atoms with Crippen molar-refractivity contribution in [3.63, 3.8) is 0 Å². The maximum absolute atomic E-state index is 12.6. The Morgan fingerprint density at radius 1 is 1.20 bits per heavy atom. The first-order chi connectivity index (χ1) is 16.5. The molecule has 0 aliphatic heterocycles. The van der Waals surface area contributed by atoms with Gasteiger partial charge in [-0.25, -0.2) is 0 Å². The van der Waals surface area contributed by atoms with E-state index < -0.39 is 8.32 Å². The number of methoxy groups -OCH3 is 1. The van der Waals surface area contributed by atoms with E-state index in [4.69, 9.17) is 4.43 Å². The number of ether oxygens (including phenoxy) is 1. The predicted molar refractivity (Wildman–Crippen MR) is 148 cm³/mol. The third kappa shape index (κ3) is 8.42. The number of allylic oxidation sites excluding steroid dienone is 3. The zero-order valence-electron chi connectivity index (χ0n) is 23.7. The molecule has 0 aromatic rings. The Hall–Kier alpha value is -1.20. The molecule has 4 nitrogen and oxygen atoms in total. The summed E-state index contributed by atoms with van der Waals surface area (Å²) in [7, 11) is -0.434. The number of carbonyl (C=O) groups is 2. The Bertz CT molecular complexity index is 742. The van der Waals surface area contributed by atoms with E-state index in [1.807, 2.05) is 0 Å². The molecule has 2 aliphatic rings. The number of ketones is 1. The molecule has 0 aromatic heterocycles. The second-order valence-corrected chi connectivity index (χ2v) is 17.2. The number of unbranched alkanes of at least 4 members (excludes halogenated alkanes) is 1. The molecule has 5 heteroatoms. The topological polar surface area (TPSA) is 52.6 Å². The first-order valence-corrected chi connectivity index (χ1v) is 17.0. The van der Waals surface area contributed by atoms with Gasteiger partial charge in [0.2, 0.25) is 0 Å². The van der Waals surface area contributed by atoms with Gasteiger partial charge in [-0.3, -0.25) is 9.59 Å². The van der Waals surface area contributed by atoms with E-state index in [9.17, 15) is 9.59 Å². The first kappa shape index (κ1) is 30.0. The number of carbonyl (C=O) groups excluding carboxylic acids is 2. The van der Waals surface area contributed by atoms with Crippen LogP contribution >= 0.6 is 0 Å². The minimum absolute atomic E-state index is 0.0937. The van der Waals surface area contributed by atoms with Crippen LogP contribution in [0.3, 0.4) is 0 Å². The van der Waals surface area contributed by atoms with Crippen LogP contribution in [0.25, 0.3) is 0 Å². The summed E-state index contributed by atoms with van der Waals surface area (Å²) in [5, 5.41) is 0.207. The first-order valence-electron chi connectivity index (χ1n) is 14.0. The van der Waals surface area contributed by atoms with Crippen molar-refractivity contribution in [3.05, 3.63) is 24.3 Å². The van der Waals surface area contributed by atoms with E-state index in [1.165, 1.54) is 39.2 Å². The highest BCUT2D eigenvalue weighted by Crippen LogP contribution is 2.52. The van der Waals surface area contributed by atoms with Crippen molar-refractivity contribution >= 4 is 20.1 Å². The van der Waals surface area contributed by atoms with Crippen molar-refractivity contribution in [1.29, 1.82) is 0 Å². The van der Waals surface area contributed by atoms with Crippen molar-refractivity contribution in [1.82, 2.24) is 0 Å². The SMILES string of the molecule is CCCC1(C(C/C=C/[C@H]2CCC(=O)[C@@H]2C/C=C\CCCC(=O)OC)O[Si](C)(C)C(C)(C)C)CCC1. The average Bonchev–Trinajstić information content (AvgIpc) is 3.10. The average molecular weight is 505 g/mol. The van der Waals surface area contributed by atoms with Crippen molar-refractivity contribution in [2.45, 2.75) is 129 Å². The smallest absolute Gasteiger partial charge is 0.305 e. The van der Waals surface area contributed by atoms with Crippen molar-refractivity contribution in [3.8, 4) is 0 Å². The maximum Gasteiger partial charge on any atom is 0.305 e.